The number of rotatable bonds is 2. The summed E-state index contributed by atoms with van der Waals surface area (Å²) in [5.41, 5.74) is 1.54. The molecule has 4 nitrogen and oxygen atoms in total. The van der Waals surface area contributed by atoms with Gasteiger partial charge in [0.15, 0.2) is 0 Å². The first-order chi connectivity index (χ1) is 9.31. The maximum absolute atomic E-state index is 11.9. The Bertz CT molecular complexity index is 593. The maximum Gasteiger partial charge on any atom is 0.374 e. The predicted octanol–water partition coefficient (Wildman–Crippen LogP) is 3.46. The zero-order chi connectivity index (χ0) is 13.2. The fraction of sp³-hybridized carbons (Fsp3) is 0.400. The van der Waals surface area contributed by atoms with E-state index >= 15 is 0 Å². The molecular formula is C15H16O4. The van der Waals surface area contributed by atoms with E-state index in [1.165, 1.54) is 7.11 Å². The predicted molar refractivity (Wildman–Crippen MR) is 70.1 cm³/mol. The van der Waals surface area contributed by atoms with Crippen LogP contribution in [0, 0.1) is 0 Å². The van der Waals surface area contributed by atoms with Crippen LogP contribution >= 0.6 is 0 Å². The molecule has 0 saturated carbocycles. The van der Waals surface area contributed by atoms with Gasteiger partial charge in [-0.25, -0.2) is 4.79 Å². The summed E-state index contributed by atoms with van der Waals surface area (Å²) in [6.45, 7) is 0.727. The third kappa shape index (κ3) is 2.12. The van der Waals surface area contributed by atoms with Gasteiger partial charge in [-0.15, -0.1) is 0 Å². The second kappa shape index (κ2) is 5.05. The smallest absolute Gasteiger partial charge is 0.374 e. The van der Waals surface area contributed by atoms with Crippen molar-refractivity contribution in [3.63, 3.8) is 0 Å². The number of hydrogen-bond acceptors (Lipinski definition) is 4. The molecule has 0 N–H and O–H groups in total. The van der Waals surface area contributed by atoms with E-state index in [-0.39, 0.29) is 11.9 Å². The number of methoxy groups -OCH3 is 1. The highest BCUT2D eigenvalue weighted by molar-refractivity contribution is 5.96. The lowest BCUT2D eigenvalue weighted by molar-refractivity contribution is 0.0135. The molecule has 4 heteroatoms. The number of esters is 1. The molecule has 0 radical (unpaired) electrons. The molecule has 0 bridgehead atoms. The summed E-state index contributed by atoms with van der Waals surface area (Å²) in [5, 5.41) is 0.940. The Hall–Kier alpha value is -1.81. The average molecular weight is 260 g/mol. The first-order valence-electron chi connectivity index (χ1n) is 6.52. The van der Waals surface area contributed by atoms with Crippen LogP contribution in [0.1, 0.15) is 41.5 Å². The molecule has 1 aromatic carbocycles. The Kier molecular flexibility index (Phi) is 3.25. The van der Waals surface area contributed by atoms with Gasteiger partial charge in [-0.3, -0.25) is 0 Å². The van der Waals surface area contributed by atoms with Crippen molar-refractivity contribution < 1.29 is 18.7 Å². The van der Waals surface area contributed by atoms with Gasteiger partial charge in [0.25, 0.3) is 0 Å². The molecule has 1 aliphatic rings. The first kappa shape index (κ1) is 12.2. The minimum absolute atomic E-state index is 0.0773. The van der Waals surface area contributed by atoms with Crippen LogP contribution in [-0.2, 0) is 9.47 Å². The number of hydrogen-bond donors (Lipinski definition) is 0. The van der Waals surface area contributed by atoms with E-state index in [4.69, 9.17) is 13.9 Å². The van der Waals surface area contributed by atoms with E-state index in [1.54, 1.807) is 0 Å². The molecular weight excluding hydrogens is 244 g/mol. The van der Waals surface area contributed by atoms with Crippen LogP contribution in [-0.4, -0.2) is 19.7 Å². The summed E-state index contributed by atoms with van der Waals surface area (Å²) < 4.78 is 16.3. The van der Waals surface area contributed by atoms with Crippen molar-refractivity contribution in [2.75, 3.05) is 13.7 Å². The molecule has 0 spiro atoms. The van der Waals surface area contributed by atoms with Crippen molar-refractivity contribution in [3.8, 4) is 0 Å². The SMILES string of the molecule is COC(=O)c1oc2ccccc2c1C1CCCCO1. The third-order valence-corrected chi connectivity index (χ3v) is 3.51. The number of carbonyl (C=O) groups excluding carboxylic acids is 1. The van der Waals surface area contributed by atoms with Crippen molar-refractivity contribution in [1.82, 2.24) is 0 Å². The summed E-state index contributed by atoms with van der Waals surface area (Å²) in [7, 11) is 1.36. The van der Waals surface area contributed by atoms with Crippen LogP contribution in [0.5, 0.6) is 0 Å². The highest BCUT2D eigenvalue weighted by Gasteiger charge is 2.28. The quantitative estimate of drug-likeness (QED) is 0.776. The second-order valence-electron chi connectivity index (χ2n) is 4.69. The van der Waals surface area contributed by atoms with E-state index in [2.05, 4.69) is 0 Å². The van der Waals surface area contributed by atoms with E-state index in [1.807, 2.05) is 24.3 Å². The summed E-state index contributed by atoms with van der Waals surface area (Å²) in [6.07, 6.45) is 3.00. The molecule has 19 heavy (non-hydrogen) atoms. The van der Waals surface area contributed by atoms with Crippen LogP contribution in [0.4, 0.5) is 0 Å². The molecule has 1 aromatic heterocycles. The topological polar surface area (TPSA) is 48.7 Å². The van der Waals surface area contributed by atoms with Gasteiger partial charge in [-0.1, -0.05) is 18.2 Å². The molecule has 1 saturated heterocycles. The Balaban J connectivity index is 2.15. The van der Waals surface area contributed by atoms with E-state index < -0.39 is 5.97 Å². The van der Waals surface area contributed by atoms with Gasteiger partial charge in [0.1, 0.15) is 5.58 Å². The van der Waals surface area contributed by atoms with E-state index in [9.17, 15) is 4.79 Å². The number of carbonyl (C=O) groups is 1. The zero-order valence-corrected chi connectivity index (χ0v) is 10.8. The van der Waals surface area contributed by atoms with Gasteiger partial charge in [0, 0.05) is 17.6 Å². The summed E-state index contributed by atoms with van der Waals surface area (Å²) in [6, 6.07) is 7.64. The van der Waals surface area contributed by atoms with Crippen LogP contribution < -0.4 is 0 Å². The number of benzene rings is 1. The normalized spacial score (nSPS) is 19.5. The van der Waals surface area contributed by atoms with Crippen LogP contribution in [0.2, 0.25) is 0 Å². The van der Waals surface area contributed by atoms with Crippen molar-refractivity contribution in [2.24, 2.45) is 0 Å². The van der Waals surface area contributed by atoms with Gasteiger partial charge in [0.2, 0.25) is 5.76 Å². The fourth-order valence-electron chi connectivity index (χ4n) is 2.60. The molecule has 1 aliphatic heterocycles. The molecule has 2 heterocycles. The molecule has 1 unspecified atom stereocenters. The highest BCUT2D eigenvalue weighted by atomic mass is 16.5. The monoisotopic (exact) mass is 260 g/mol. The molecule has 100 valence electrons. The Morgan fingerprint density at radius 1 is 1.32 bits per heavy atom. The fourth-order valence-corrected chi connectivity index (χ4v) is 2.60. The summed E-state index contributed by atoms with van der Waals surface area (Å²) >= 11 is 0. The molecule has 1 atom stereocenters. The van der Waals surface area contributed by atoms with E-state index in [0.717, 1.165) is 36.8 Å². The molecule has 0 amide bonds. The van der Waals surface area contributed by atoms with Crippen LogP contribution in [0.15, 0.2) is 28.7 Å². The molecule has 1 fully saturated rings. The van der Waals surface area contributed by atoms with Crippen LogP contribution in [0.25, 0.3) is 11.0 Å². The number of fused-ring (bicyclic) bond motifs is 1. The van der Waals surface area contributed by atoms with Crippen LogP contribution in [0.3, 0.4) is 0 Å². The van der Waals surface area contributed by atoms with E-state index in [0.29, 0.717) is 5.58 Å². The van der Waals surface area contributed by atoms with Gasteiger partial charge in [-0.05, 0) is 25.3 Å². The Morgan fingerprint density at radius 3 is 2.89 bits per heavy atom. The number of furan rings is 1. The minimum atomic E-state index is -0.444. The molecule has 0 aliphatic carbocycles. The van der Waals surface area contributed by atoms with Gasteiger partial charge >= 0.3 is 5.97 Å². The lowest BCUT2D eigenvalue weighted by Gasteiger charge is -2.22. The summed E-state index contributed by atoms with van der Waals surface area (Å²) in [5.74, 6) is -0.170. The largest absolute Gasteiger partial charge is 0.463 e. The molecule has 3 rings (SSSR count). The van der Waals surface area contributed by atoms with Gasteiger partial charge in [-0.2, -0.15) is 0 Å². The van der Waals surface area contributed by atoms with Crippen molar-refractivity contribution in [1.29, 1.82) is 0 Å². The zero-order valence-electron chi connectivity index (χ0n) is 10.8. The summed E-state index contributed by atoms with van der Waals surface area (Å²) in [4.78, 5) is 11.9. The Morgan fingerprint density at radius 2 is 2.16 bits per heavy atom. The standard InChI is InChI=1S/C15H16O4/c1-17-15(16)14-13(12-8-4-5-9-18-12)10-6-2-3-7-11(10)19-14/h2-3,6-7,12H,4-5,8-9H2,1H3. The third-order valence-electron chi connectivity index (χ3n) is 3.51. The lowest BCUT2D eigenvalue weighted by Crippen LogP contribution is -2.14. The number of ether oxygens (including phenoxy) is 2. The number of para-hydroxylation sites is 1. The van der Waals surface area contributed by atoms with Crippen molar-refractivity contribution in [3.05, 3.63) is 35.6 Å². The average Bonchev–Trinajstić information content (AvgIpc) is 2.86. The molecule has 2 aromatic rings. The second-order valence-corrected chi connectivity index (χ2v) is 4.69. The first-order valence-corrected chi connectivity index (χ1v) is 6.52. The minimum Gasteiger partial charge on any atom is -0.463 e. The van der Waals surface area contributed by atoms with Crippen molar-refractivity contribution in [2.45, 2.75) is 25.4 Å². The highest BCUT2D eigenvalue weighted by Crippen LogP contribution is 2.37. The maximum atomic E-state index is 11.9. The Labute approximate surface area is 111 Å². The van der Waals surface area contributed by atoms with Crippen molar-refractivity contribution >= 4 is 16.9 Å². The van der Waals surface area contributed by atoms with Gasteiger partial charge in [0.05, 0.1) is 13.2 Å². The lowest BCUT2D eigenvalue weighted by atomic mass is 9.98. The van der Waals surface area contributed by atoms with Gasteiger partial charge < -0.3 is 13.9 Å².